The maximum Gasteiger partial charge on any atom is 0.147 e. The van der Waals surface area contributed by atoms with Crippen LogP contribution in [0.25, 0.3) is 11.1 Å². The van der Waals surface area contributed by atoms with E-state index in [1.54, 1.807) is 0 Å². The van der Waals surface area contributed by atoms with Crippen molar-refractivity contribution >= 4 is 11.6 Å². The van der Waals surface area contributed by atoms with Gasteiger partial charge in [-0.15, -0.1) is 0 Å². The molecule has 1 aromatic carbocycles. The van der Waals surface area contributed by atoms with Gasteiger partial charge >= 0.3 is 0 Å². The second kappa shape index (κ2) is 4.48. The highest BCUT2D eigenvalue weighted by molar-refractivity contribution is 6.31. The summed E-state index contributed by atoms with van der Waals surface area (Å²) in [5, 5.41) is 8.93. The molecule has 0 unspecified atom stereocenters. The number of nitrogens with zero attached hydrogens (tertiary/aromatic N) is 2. The van der Waals surface area contributed by atoms with Crippen LogP contribution < -0.4 is 0 Å². The van der Waals surface area contributed by atoms with Gasteiger partial charge < -0.3 is 0 Å². The number of aromatic nitrogens is 1. The molecule has 0 radical (unpaired) electrons. The van der Waals surface area contributed by atoms with E-state index in [0.717, 1.165) is 12.1 Å². The van der Waals surface area contributed by atoms with Crippen molar-refractivity contribution in [3.63, 3.8) is 0 Å². The van der Waals surface area contributed by atoms with E-state index in [2.05, 4.69) is 4.98 Å². The predicted molar refractivity (Wildman–Crippen MR) is 59.3 cm³/mol. The lowest BCUT2D eigenvalue weighted by Crippen LogP contribution is -1.92. The quantitative estimate of drug-likeness (QED) is 0.726. The number of benzene rings is 1. The van der Waals surface area contributed by atoms with Crippen LogP contribution in [0, 0.1) is 23.0 Å². The Bertz CT molecular complexity index is 620. The molecule has 0 aliphatic rings. The van der Waals surface area contributed by atoms with Crippen LogP contribution in [0.5, 0.6) is 0 Å². The molecular formula is C12H5ClF2N2. The van der Waals surface area contributed by atoms with Crippen molar-refractivity contribution in [1.82, 2.24) is 4.98 Å². The maximum absolute atomic E-state index is 13.6. The average molecular weight is 251 g/mol. The van der Waals surface area contributed by atoms with Crippen molar-refractivity contribution in [3.8, 4) is 17.2 Å². The number of hydrogen-bond acceptors (Lipinski definition) is 2. The molecule has 1 heterocycles. The van der Waals surface area contributed by atoms with Gasteiger partial charge in [-0.05, 0) is 18.2 Å². The number of rotatable bonds is 1. The van der Waals surface area contributed by atoms with E-state index in [1.807, 2.05) is 6.07 Å². The standard InChI is InChI=1S/C12H5ClF2N2/c13-12-10(6-16)8(3-4-17-12)9-2-1-7(14)5-11(9)15/h1-5H. The molecule has 0 fully saturated rings. The summed E-state index contributed by atoms with van der Waals surface area (Å²) < 4.78 is 26.4. The Morgan fingerprint density at radius 3 is 2.59 bits per heavy atom. The largest absolute Gasteiger partial charge is 0.243 e. The Morgan fingerprint density at radius 2 is 1.94 bits per heavy atom. The summed E-state index contributed by atoms with van der Waals surface area (Å²) in [6.07, 6.45) is 1.36. The minimum absolute atomic E-state index is 0.00581. The molecule has 2 nitrogen and oxygen atoms in total. The lowest BCUT2D eigenvalue weighted by Gasteiger charge is -2.06. The molecule has 0 atom stereocenters. The molecule has 1 aromatic heterocycles. The molecule has 0 aliphatic carbocycles. The topological polar surface area (TPSA) is 36.7 Å². The molecule has 84 valence electrons. The molecule has 2 aromatic rings. The van der Waals surface area contributed by atoms with Crippen LogP contribution in [-0.2, 0) is 0 Å². The third-order valence-corrected chi connectivity index (χ3v) is 2.52. The Balaban J connectivity index is 2.69. The van der Waals surface area contributed by atoms with E-state index in [1.165, 1.54) is 18.3 Å². The smallest absolute Gasteiger partial charge is 0.147 e. The summed E-state index contributed by atoms with van der Waals surface area (Å²) in [6.45, 7) is 0. The van der Waals surface area contributed by atoms with Crippen molar-refractivity contribution < 1.29 is 8.78 Å². The minimum Gasteiger partial charge on any atom is -0.243 e. The lowest BCUT2D eigenvalue weighted by atomic mass is 10.0. The predicted octanol–water partition coefficient (Wildman–Crippen LogP) is 3.55. The average Bonchev–Trinajstić information content (AvgIpc) is 2.29. The normalized spacial score (nSPS) is 10.0. The molecule has 0 saturated carbocycles. The molecule has 2 rings (SSSR count). The molecule has 0 aliphatic heterocycles. The van der Waals surface area contributed by atoms with Crippen LogP contribution in [0.1, 0.15) is 5.56 Å². The Hall–Kier alpha value is -1.99. The van der Waals surface area contributed by atoms with E-state index in [0.29, 0.717) is 5.56 Å². The second-order valence-corrected chi connectivity index (χ2v) is 3.62. The Kier molecular flexibility index (Phi) is 3.03. The molecule has 5 heteroatoms. The fourth-order valence-corrected chi connectivity index (χ4v) is 1.68. The van der Waals surface area contributed by atoms with Crippen LogP contribution in [0.4, 0.5) is 8.78 Å². The van der Waals surface area contributed by atoms with Gasteiger partial charge in [-0.25, -0.2) is 13.8 Å². The Morgan fingerprint density at radius 1 is 1.18 bits per heavy atom. The van der Waals surface area contributed by atoms with Crippen molar-refractivity contribution in [1.29, 1.82) is 5.26 Å². The van der Waals surface area contributed by atoms with E-state index in [-0.39, 0.29) is 16.3 Å². The first-order chi connectivity index (χ1) is 8.13. The molecule has 0 amide bonds. The first-order valence-electron chi connectivity index (χ1n) is 4.63. The summed E-state index contributed by atoms with van der Waals surface area (Å²) in [5.41, 5.74) is 0.483. The van der Waals surface area contributed by atoms with E-state index in [4.69, 9.17) is 16.9 Å². The second-order valence-electron chi connectivity index (χ2n) is 3.26. The fraction of sp³-hybridized carbons (Fsp3) is 0. The van der Waals surface area contributed by atoms with Crippen LogP contribution in [0.3, 0.4) is 0 Å². The SMILES string of the molecule is N#Cc1c(-c2ccc(F)cc2F)ccnc1Cl. The number of pyridine rings is 1. The number of hydrogen-bond donors (Lipinski definition) is 0. The summed E-state index contributed by atoms with van der Waals surface area (Å²) in [7, 11) is 0. The van der Waals surface area contributed by atoms with Crippen molar-refractivity contribution in [2.75, 3.05) is 0 Å². The zero-order valence-electron chi connectivity index (χ0n) is 8.42. The minimum atomic E-state index is -0.747. The third-order valence-electron chi connectivity index (χ3n) is 2.24. The third kappa shape index (κ3) is 2.10. The summed E-state index contributed by atoms with van der Waals surface area (Å²) in [5.74, 6) is -1.42. The lowest BCUT2D eigenvalue weighted by molar-refractivity contribution is 0.585. The van der Waals surface area contributed by atoms with Crippen LogP contribution in [-0.4, -0.2) is 4.98 Å². The van der Waals surface area contributed by atoms with Gasteiger partial charge in [0.05, 0.1) is 5.56 Å². The molecule has 0 spiro atoms. The van der Waals surface area contributed by atoms with Crippen molar-refractivity contribution in [2.45, 2.75) is 0 Å². The summed E-state index contributed by atoms with van der Waals surface area (Å²) >= 11 is 5.73. The van der Waals surface area contributed by atoms with Gasteiger partial charge in [-0.1, -0.05) is 11.6 Å². The Labute approximate surface area is 101 Å². The molecule has 0 saturated heterocycles. The zero-order chi connectivity index (χ0) is 12.4. The van der Waals surface area contributed by atoms with Crippen molar-refractivity contribution in [2.24, 2.45) is 0 Å². The first kappa shape index (κ1) is 11.5. The highest BCUT2D eigenvalue weighted by Gasteiger charge is 2.13. The number of halogens is 3. The van der Waals surface area contributed by atoms with E-state index >= 15 is 0 Å². The highest BCUT2D eigenvalue weighted by atomic mass is 35.5. The highest BCUT2D eigenvalue weighted by Crippen LogP contribution is 2.29. The van der Waals surface area contributed by atoms with Crippen LogP contribution >= 0.6 is 11.6 Å². The van der Waals surface area contributed by atoms with Gasteiger partial charge in [0, 0.05) is 23.4 Å². The van der Waals surface area contributed by atoms with Gasteiger partial charge in [0.25, 0.3) is 0 Å². The van der Waals surface area contributed by atoms with Gasteiger partial charge in [0.1, 0.15) is 22.9 Å². The van der Waals surface area contributed by atoms with Gasteiger partial charge in [-0.2, -0.15) is 5.26 Å². The molecule has 0 bridgehead atoms. The van der Waals surface area contributed by atoms with Gasteiger partial charge in [0.2, 0.25) is 0 Å². The molecule has 17 heavy (non-hydrogen) atoms. The summed E-state index contributed by atoms with van der Waals surface area (Å²) in [6, 6.07) is 6.44. The molecule has 0 N–H and O–H groups in total. The zero-order valence-corrected chi connectivity index (χ0v) is 9.17. The van der Waals surface area contributed by atoms with Gasteiger partial charge in [0.15, 0.2) is 0 Å². The maximum atomic E-state index is 13.6. The molecular weight excluding hydrogens is 246 g/mol. The number of nitriles is 1. The van der Waals surface area contributed by atoms with Gasteiger partial charge in [-0.3, -0.25) is 0 Å². The van der Waals surface area contributed by atoms with Crippen molar-refractivity contribution in [3.05, 3.63) is 52.8 Å². The van der Waals surface area contributed by atoms with E-state index < -0.39 is 11.6 Å². The van der Waals surface area contributed by atoms with E-state index in [9.17, 15) is 8.78 Å². The monoisotopic (exact) mass is 250 g/mol. The first-order valence-corrected chi connectivity index (χ1v) is 5.01. The van der Waals surface area contributed by atoms with Crippen LogP contribution in [0.15, 0.2) is 30.5 Å². The fourth-order valence-electron chi connectivity index (χ4n) is 1.47. The van der Waals surface area contributed by atoms with Crippen LogP contribution in [0.2, 0.25) is 5.15 Å². The summed E-state index contributed by atoms with van der Waals surface area (Å²) in [4.78, 5) is 3.73.